The van der Waals surface area contributed by atoms with Crippen molar-refractivity contribution in [2.24, 2.45) is 0 Å². The predicted molar refractivity (Wildman–Crippen MR) is 69.3 cm³/mol. The lowest BCUT2D eigenvalue weighted by Gasteiger charge is -2.10. The van der Waals surface area contributed by atoms with E-state index in [1.165, 1.54) is 0 Å². The zero-order valence-electron chi connectivity index (χ0n) is 10.6. The van der Waals surface area contributed by atoms with E-state index in [0.717, 1.165) is 11.3 Å². The zero-order valence-corrected chi connectivity index (χ0v) is 10.6. The number of nitrogens with two attached hydrogens (primary N) is 1. The second-order valence-corrected chi connectivity index (χ2v) is 4.16. The highest BCUT2D eigenvalue weighted by molar-refractivity contribution is 5.72. The predicted octanol–water partition coefficient (Wildman–Crippen LogP) is 1.77. The van der Waals surface area contributed by atoms with Crippen LogP contribution >= 0.6 is 0 Å². The molecule has 0 atom stereocenters. The fourth-order valence-corrected chi connectivity index (χ4v) is 2.02. The Morgan fingerprint density at radius 2 is 1.89 bits per heavy atom. The van der Waals surface area contributed by atoms with E-state index < -0.39 is 0 Å². The van der Waals surface area contributed by atoms with Gasteiger partial charge in [0.05, 0.1) is 12.8 Å². The summed E-state index contributed by atoms with van der Waals surface area (Å²) >= 11 is 0. The van der Waals surface area contributed by atoms with E-state index in [9.17, 15) is 0 Å². The topological polar surface area (TPSA) is 79.5 Å². The first-order valence-corrected chi connectivity index (χ1v) is 5.76. The summed E-state index contributed by atoms with van der Waals surface area (Å²) < 4.78 is 16.1. The number of benzene rings is 1. The largest absolute Gasteiger partial charge is 0.496 e. The van der Waals surface area contributed by atoms with Crippen molar-refractivity contribution in [1.29, 1.82) is 0 Å². The van der Waals surface area contributed by atoms with Crippen LogP contribution in [0.2, 0.25) is 0 Å². The highest BCUT2D eigenvalue weighted by Gasteiger charge is 2.19. The molecule has 0 saturated carbocycles. The van der Waals surface area contributed by atoms with E-state index in [2.05, 4.69) is 9.97 Å². The maximum atomic E-state index is 5.68. The van der Waals surface area contributed by atoms with Crippen LogP contribution in [0.3, 0.4) is 0 Å². The van der Waals surface area contributed by atoms with E-state index in [1.54, 1.807) is 13.2 Å². The number of hydrogen-bond donors (Lipinski definition) is 1. The third-order valence-corrected chi connectivity index (χ3v) is 2.84. The van der Waals surface area contributed by atoms with Crippen LogP contribution in [0.15, 0.2) is 18.2 Å². The lowest BCUT2D eigenvalue weighted by Crippen LogP contribution is -1.99. The second kappa shape index (κ2) is 4.31. The molecule has 0 aliphatic carbocycles. The van der Waals surface area contributed by atoms with Crippen LogP contribution < -0.4 is 19.9 Å². The molecule has 0 fully saturated rings. The quantitative estimate of drug-likeness (QED) is 0.885. The molecule has 19 heavy (non-hydrogen) atoms. The van der Waals surface area contributed by atoms with Gasteiger partial charge in [-0.15, -0.1) is 0 Å². The normalized spacial score (nSPS) is 12.5. The van der Waals surface area contributed by atoms with Crippen molar-refractivity contribution in [3.05, 3.63) is 23.9 Å². The maximum absolute atomic E-state index is 5.68. The summed E-state index contributed by atoms with van der Waals surface area (Å²) in [7, 11) is 1.60. The van der Waals surface area contributed by atoms with Gasteiger partial charge in [-0.05, 0) is 19.1 Å². The standard InChI is InChI=1S/C13H13N3O3/c1-7-3-9(16-13(14)15-7)8-4-11-12(19-6-18-11)5-10(8)17-2/h3-5H,6H2,1-2H3,(H2,14,15,16). The first-order chi connectivity index (χ1) is 9.17. The van der Waals surface area contributed by atoms with Crippen LogP contribution in [0.1, 0.15) is 5.69 Å². The van der Waals surface area contributed by atoms with Crippen molar-refractivity contribution >= 4 is 5.95 Å². The van der Waals surface area contributed by atoms with E-state index in [4.69, 9.17) is 19.9 Å². The highest BCUT2D eigenvalue weighted by Crippen LogP contribution is 2.42. The molecule has 3 rings (SSSR count). The molecular formula is C13H13N3O3. The summed E-state index contributed by atoms with van der Waals surface area (Å²) in [6, 6.07) is 5.46. The van der Waals surface area contributed by atoms with E-state index in [-0.39, 0.29) is 12.7 Å². The lowest BCUT2D eigenvalue weighted by molar-refractivity contribution is 0.174. The summed E-state index contributed by atoms with van der Waals surface area (Å²) in [4.78, 5) is 8.29. The molecule has 0 amide bonds. The Kier molecular flexibility index (Phi) is 2.63. The Balaban J connectivity index is 2.18. The summed E-state index contributed by atoms with van der Waals surface area (Å²) in [6.07, 6.45) is 0. The van der Waals surface area contributed by atoms with Gasteiger partial charge >= 0.3 is 0 Å². The zero-order chi connectivity index (χ0) is 13.4. The third-order valence-electron chi connectivity index (χ3n) is 2.84. The van der Waals surface area contributed by atoms with Gasteiger partial charge in [-0.25, -0.2) is 9.97 Å². The minimum atomic E-state index is 0.215. The van der Waals surface area contributed by atoms with Gasteiger partial charge in [0.2, 0.25) is 12.7 Å². The Morgan fingerprint density at radius 1 is 1.16 bits per heavy atom. The van der Waals surface area contributed by atoms with Crippen molar-refractivity contribution in [2.45, 2.75) is 6.92 Å². The Hall–Kier alpha value is -2.50. The molecule has 98 valence electrons. The van der Waals surface area contributed by atoms with Gasteiger partial charge in [-0.3, -0.25) is 0 Å². The van der Waals surface area contributed by atoms with Crippen LogP contribution in [0, 0.1) is 6.92 Å². The average Bonchev–Trinajstić information content (AvgIpc) is 2.83. The van der Waals surface area contributed by atoms with Crippen molar-refractivity contribution < 1.29 is 14.2 Å². The summed E-state index contributed by atoms with van der Waals surface area (Å²) in [5, 5.41) is 0. The third kappa shape index (κ3) is 2.01. The van der Waals surface area contributed by atoms with Gasteiger partial charge in [-0.1, -0.05) is 0 Å². The molecule has 0 saturated heterocycles. The van der Waals surface area contributed by atoms with E-state index in [1.807, 2.05) is 19.1 Å². The maximum Gasteiger partial charge on any atom is 0.231 e. The minimum Gasteiger partial charge on any atom is -0.496 e. The Morgan fingerprint density at radius 3 is 2.58 bits per heavy atom. The molecule has 1 aliphatic heterocycles. The minimum absolute atomic E-state index is 0.215. The smallest absolute Gasteiger partial charge is 0.231 e. The molecule has 2 heterocycles. The number of aromatic nitrogens is 2. The highest BCUT2D eigenvalue weighted by atomic mass is 16.7. The number of fused-ring (bicyclic) bond motifs is 1. The molecule has 0 bridgehead atoms. The molecule has 1 aromatic heterocycles. The monoisotopic (exact) mass is 259 g/mol. The Bertz CT molecular complexity index is 623. The fraction of sp³-hybridized carbons (Fsp3) is 0.231. The number of nitrogens with zero attached hydrogens (tertiary/aromatic N) is 2. The number of hydrogen-bond acceptors (Lipinski definition) is 6. The Labute approximate surface area is 110 Å². The summed E-state index contributed by atoms with van der Waals surface area (Å²) in [5.41, 5.74) is 7.97. The first-order valence-electron chi connectivity index (χ1n) is 5.76. The molecule has 2 aromatic rings. The van der Waals surface area contributed by atoms with Gasteiger partial charge in [0.15, 0.2) is 11.5 Å². The summed E-state index contributed by atoms with van der Waals surface area (Å²) in [6.45, 7) is 2.08. The van der Waals surface area contributed by atoms with Gasteiger partial charge in [-0.2, -0.15) is 0 Å². The lowest BCUT2D eigenvalue weighted by atomic mass is 10.1. The number of anilines is 1. The molecule has 0 spiro atoms. The van der Waals surface area contributed by atoms with Gasteiger partial charge < -0.3 is 19.9 Å². The van der Waals surface area contributed by atoms with E-state index in [0.29, 0.717) is 22.9 Å². The average molecular weight is 259 g/mol. The fourth-order valence-electron chi connectivity index (χ4n) is 2.02. The second-order valence-electron chi connectivity index (χ2n) is 4.16. The van der Waals surface area contributed by atoms with Crippen LogP contribution in [0.5, 0.6) is 17.2 Å². The van der Waals surface area contributed by atoms with Crippen LogP contribution in [0.4, 0.5) is 5.95 Å². The first kappa shape index (κ1) is 11.6. The molecule has 1 aliphatic rings. The van der Waals surface area contributed by atoms with Crippen molar-refractivity contribution in [3.8, 4) is 28.5 Å². The van der Waals surface area contributed by atoms with Crippen LogP contribution in [-0.4, -0.2) is 23.9 Å². The molecule has 6 heteroatoms. The van der Waals surface area contributed by atoms with Crippen molar-refractivity contribution in [2.75, 3.05) is 19.6 Å². The van der Waals surface area contributed by atoms with Gasteiger partial charge in [0, 0.05) is 17.3 Å². The van der Waals surface area contributed by atoms with E-state index >= 15 is 0 Å². The van der Waals surface area contributed by atoms with Gasteiger partial charge in [0.1, 0.15) is 5.75 Å². The SMILES string of the molecule is COc1cc2c(cc1-c1cc(C)nc(N)n1)OCO2. The van der Waals surface area contributed by atoms with Crippen LogP contribution in [0.25, 0.3) is 11.3 Å². The number of rotatable bonds is 2. The number of nitrogen functional groups attached to an aromatic ring is 1. The molecule has 0 radical (unpaired) electrons. The van der Waals surface area contributed by atoms with Crippen molar-refractivity contribution in [1.82, 2.24) is 9.97 Å². The number of aryl methyl sites for hydroxylation is 1. The molecule has 2 N–H and O–H groups in total. The molecule has 0 unspecified atom stereocenters. The molecular weight excluding hydrogens is 246 g/mol. The summed E-state index contributed by atoms with van der Waals surface area (Å²) in [5.74, 6) is 2.22. The molecule has 1 aromatic carbocycles. The van der Waals surface area contributed by atoms with Crippen LogP contribution in [-0.2, 0) is 0 Å². The number of ether oxygens (including phenoxy) is 3. The molecule has 6 nitrogen and oxygen atoms in total. The van der Waals surface area contributed by atoms with Gasteiger partial charge in [0.25, 0.3) is 0 Å². The number of methoxy groups -OCH3 is 1. The van der Waals surface area contributed by atoms with Crippen molar-refractivity contribution in [3.63, 3.8) is 0 Å².